The smallest absolute Gasteiger partial charge is 0.223 e. The molecule has 0 aromatic heterocycles. The number of methoxy groups -OCH3 is 1. The molecule has 3 saturated carbocycles. The Kier molecular flexibility index (Phi) is 4.82. The summed E-state index contributed by atoms with van der Waals surface area (Å²) in [6.45, 7) is 4.38. The van der Waals surface area contributed by atoms with Gasteiger partial charge < -0.3 is 10.1 Å². The van der Waals surface area contributed by atoms with Gasteiger partial charge in [0.2, 0.25) is 5.91 Å². The zero-order valence-corrected chi connectivity index (χ0v) is 14.8. The molecule has 4 nitrogen and oxygen atoms in total. The molecule has 0 saturated heterocycles. The average molecular weight is 321 g/mol. The summed E-state index contributed by atoms with van der Waals surface area (Å²) in [5.41, 5.74) is 0.0881. The lowest BCUT2D eigenvalue weighted by molar-refractivity contribution is -0.147. The highest BCUT2D eigenvalue weighted by molar-refractivity contribution is 5.88. The minimum absolute atomic E-state index is 0.0380. The van der Waals surface area contributed by atoms with Crippen LogP contribution in [0.5, 0.6) is 0 Å². The van der Waals surface area contributed by atoms with E-state index in [1.54, 1.807) is 7.11 Å². The number of carbonyl (C=O) groups excluding carboxylic acids is 2. The third-order valence-electron chi connectivity index (χ3n) is 7.12. The SMILES string of the molecule is CCC1(CC)[C@H](NC(=O)C2C[C@H]3CCC[C@@H](C2)C3=O)C[C@H]1OC. The van der Waals surface area contributed by atoms with Gasteiger partial charge in [0.1, 0.15) is 5.78 Å². The molecule has 1 amide bonds. The van der Waals surface area contributed by atoms with E-state index in [2.05, 4.69) is 19.2 Å². The van der Waals surface area contributed by atoms with E-state index in [0.717, 1.165) is 51.4 Å². The molecule has 3 aliphatic carbocycles. The summed E-state index contributed by atoms with van der Waals surface area (Å²) in [5, 5.41) is 3.32. The fourth-order valence-corrected chi connectivity index (χ4v) is 5.46. The summed E-state index contributed by atoms with van der Waals surface area (Å²) in [6, 6.07) is 0.229. The molecule has 0 radical (unpaired) electrons. The lowest BCUT2D eigenvalue weighted by Crippen LogP contribution is -2.65. The Labute approximate surface area is 139 Å². The van der Waals surface area contributed by atoms with Crippen LogP contribution in [0.3, 0.4) is 0 Å². The van der Waals surface area contributed by atoms with Crippen LogP contribution in [0, 0.1) is 23.2 Å². The number of Topliss-reactive ketones (excluding diaryl/α,β-unsaturated/α-hetero) is 1. The molecule has 1 unspecified atom stereocenters. The molecule has 4 heteroatoms. The van der Waals surface area contributed by atoms with E-state index in [-0.39, 0.29) is 41.2 Å². The van der Waals surface area contributed by atoms with Gasteiger partial charge in [-0.3, -0.25) is 9.59 Å². The Morgan fingerprint density at radius 2 is 1.78 bits per heavy atom. The first-order valence-corrected chi connectivity index (χ1v) is 9.42. The monoisotopic (exact) mass is 321 g/mol. The Morgan fingerprint density at radius 3 is 2.30 bits per heavy atom. The molecule has 3 fully saturated rings. The van der Waals surface area contributed by atoms with Gasteiger partial charge in [0.05, 0.1) is 6.10 Å². The lowest BCUT2D eigenvalue weighted by atomic mass is 9.58. The Balaban J connectivity index is 1.63. The third kappa shape index (κ3) is 2.73. The number of ketones is 1. The van der Waals surface area contributed by atoms with Gasteiger partial charge in [-0.1, -0.05) is 20.3 Å². The van der Waals surface area contributed by atoms with Crippen LogP contribution in [0.2, 0.25) is 0 Å². The highest BCUT2D eigenvalue weighted by Gasteiger charge is 2.54. The van der Waals surface area contributed by atoms with Crippen LogP contribution in [-0.2, 0) is 14.3 Å². The van der Waals surface area contributed by atoms with Crippen molar-refractivity contribution in [3.05, 3.63) is 0 Å². The van der Waals surface area contributed by atoms with E-state index in [4.69, 9.17) is 4.74 Å². The average Bonchev–Trinajstić information content (AvgIpc) is 2.52. The Bertz CT molecular complexity index is 455. The first kappa shape index (κ1) is 16.9. The van der Waals surface area contributed by atoms with Gasteiger partial charge >= 0.3 is 0 Å². The van der Waals surface area contributed by atoms with Crippen molar-refractivity contribution >= 4 is 11.7 Å². The largest absolute Gasteiger partial charge is 0.381 e. The normalized spacial score (nSPS) is 38.7. The van der Waals surface area contributed by atoms with Crippen molar-refractivity contribution < 1.29 is 14.3 Å². The topological polar surface area (TPSA) is 55.4 Å². The molecule has 0 heterocycles. The summed E-state index contributed by atoms with van der Waals surface area (Å²) in [6.07, 6.45) is 7.91. The van der Waals surface area contributed by atoms with Crippen LogP contribution >= 0.6 is 0 Å². The fraction of sp³-hybridized carbons (Fsp3) is 0.895. The van der Waals surface area contributed by atoms with Gasteiger partial charge in [-0.2, -0.15) is 0 Å². The van der Waals surface area contributed by atoms with E-state index >= 15 is 0 Å². The number of carbonyl (C=O) groups is 2. The predicted octanol–water partition coefficient (Wildman–Crippen LogP) is 3.09. The van der Waals surface area contributed by atoms with Crippen LogP contribution in [0.4, 0.5) is 0 Å². The second-order valence-corrected chi connectivity index (χ2v) is 7.86. The maximum Gasteiger partial charge on any atom is 0.223 e. The molecule has 0 aliphatic heterocycles. The molecule has 3 aliphatic rings. The summed E-state index contributed by atoms with van der Waals surface area (Å²) >= 11 is 0. The molecule has 130 valence electrons. The summed E-state index contributed by atoms with van der Waals surface area (Å²) in [7, 11) is 1.77. The summed E-state index contributed by atoms with van der Waals surface area (Å²) < 4.78 is 5.62. The first-order valence-electron chi connectivity index (χ1n) is 9.42. The summed E-state index contributed by atoms with van der Waals surface area (Å²) in [5.74, 6) is 0.943. The Hall–Kier alpha value is -0.900. The van der Waals surface area contributed by atoms with Crippen LogP contribution in [0.25, 0.3) is 0 Å². The van der Waals surface area contributed by atoms with Gasteiger partial charge in [0.25, 0.3) is 0 Å². The second kappa shape index (κ2) is 6.54. The predicted molar refractivity (Wildman–Crippen MR) is 88.9 cm³/mol. The molecule has 1 N–H and O–H groups in total. The van der Waals surface area contributed by atoms with E-state index in [0.29, 0.717) is 5.78 Å². The maximum atomic E-state index is 12.8. The molecular formula is C19H31NO3. The third-order valence-corrected chi connectivity index (χ3v) is 7.12. The van der Waals surface area contributed by atoms with Crippen LogP contribution in [-0.4, -0.2) is 30.9 Å². The van der Waals surface area contributed by atoms with Crippen LogP contribution < -0.4 is 5.32 Å². The number of ether oxygens (including phenoxy) is 1. The molecule has 5 atom stereocenters. The first-order chi connectivity index (χ1) is 11.1. The van der Waals surface area contributed by atoms with E-state index in [1.807, 2.05) is 0 Å². The second-order valence-electron chi connectivity index (χ2n) is 7.86. The maximum absolute atomic E-state index is 12.8. The van der Waals surface area contributed by atoms with E-state index in [9.17, 15) is 9.59 Å². The molecule has 0 aromatic carbocycles. The van der Waals surface area contributed by atoms with Gasteiger partial charge in [-0.15, -0.1) is 0 Å². The van der Waals surface area contributed by atoms with Crippen LogP contribution in [0.15, 0.2) is 0 Å². The van der Waals surface area contributed by atoms with E-state index in [1.165, 1.54) is 0 Å². The van der Waals surface area contributed by atoms with Crippen molar-refractivity contribution in [2.24, 2.45) is 23.2 Å². The van der Waals surface area contributed by atoms with Crippen molar-refractivity contribution in [3.63, 3.8) is 0 Å². The quantitative estimate of drug-likeness (QED) is 0.846. The minimum Gasteiger partial charge on any atom is -0.381 e. The molecular weight excluding hydrogens is 290 g/mol. The molecule has 23 heavy (non-hydrogen) atoms. The number of amides is 1. The number of hydrogen-bond donors (Lipinski definition) is 1. The van der Waals surface area contributed by atoms with Crippen molar-refractivity contribution in [2.75, 3.05) is 7.11 Å². The van der Waals surface area contributed by atoms with Gasteiger partial charge in [-0.05, 0) is 44.9 Å². The lowest BCUT2D eigenvalue weighted by Gasteiger charge is -2.55. The van der Waals surface area contributed by atoms with Crippen molar-refractivity contribution in [1.29, 1.82) is 0 Å². The number of hydrogen-bond acceptors (Lipinski definition) is 3. The molecule has 0 spiro atoms. The number of nitrogens with one attached hydrogen (secondary N) is 1. The van der Waals surface area contributed by atoms with Crippen molar-refractivity contribution in [1.82, 2.24) is 5.32 Å². The highest BCUT2D eigenvalue weighted by Crippen LogP contribution is 2.49. The van der Waals surface area contributed by atoms with E-state index < -0.39 is 0 Å². The van der Waals surface area contributed by atoms with Crippen molar-refractivity contribution in [3.8, 4) is 0 Å². The highest BCUT2D eigenvalue weighted by atomic mass is 16.5. The fourth-order valence-electron chi connectivity index (χ4n) is 5.46. The standard InChI is InChI=1S/C19H31NO3/c1-4-19(5-2)15(11-16(19)23-3)20-18(22)14-9-12-7-6-8-13(10-14)17(12)21/h12-16H,4-11H2,1-3H3,(H,20,22)/t12-,13+,14?,15-,16-/m1/s1. The number of fused-ring (bicyclic) bond motifs is 2. The molecule has 2 bridgehead atoms. The van der Waals surface area contributed by atoms with Crippen molar-refractivity contribution in [2.45, 2.75) is 77.4 Å². The molecule has 0 aromatic rings. The zero-order chi connectivity index (χ0) is 16.6. The zero-order valence-electron chi connectivity index (χ0n) is 14.8. The summed E-state index contributed by atoms with van der Waals surface area (Å²) in [4.78, 5) is 25.0. The van der Waals surface area contributed by atoms with Gasteiger partial charge in [0, 0.05) is 36.3 Å². The van der Waals surface area contributed by atoms with Gasteiger partial charge in [0.15, 0.2) is 0 Å². The van der Waals surface area contributed by atoms with Crippen LogP contribution in [0.1, 0.15) is 65.2 Å². The minimum atomic E-state index is 0.0380. The molecule has 3 rings (SSSR count). The number of rotatable bonds is 5. The van der Waals surface area contributed by atoms with Gasteiger partial charge in [-0.25, -0.2) is 0 Å². The Morgan fingerprint density at radius 1 is 1.17 bits per heavy atom.